The van der Waals surface area contributed by atoms with Crippen LogP contribution in [0, 0.1) is 17.0 Å². The quantitative estimate of drug-likeness (QED) is 0.682. The number of anilines is 1. The van der Waals surface area contributed by atoms with E-state index in [-0.39, 0.29) is 12.5 Å². The van der Waals surface area contributed by atoms with Crippen molar-refractivity contribution in [3.8, 4) is 11.5 Å². The Morgan fingerprint density at radius 3 is 2.75 bits per heavy atom. The highest BCUT2D eigenvalue weighted by atomic mass is 16.7. The molecule has 7 heteroatoms. The number of furan rings is 1. The van der Waals surface area contributed by atoms with Gasteiger partial charge >= 0.3 is 0 Å². The third-order valence-corrected chi connectivity index (χ3v) is 3.10. The van der Waals surface area contributed by atoms with Gasteiger partial charge in [0.1, 0.15) is 11.4 Å². The molecule has 0 saturated heterocycles. The Morgan fingerprint density at radius 2 is 2.10 bits per heavy atom. The summed E-state index contributed by atoms with van der Waals surface area (Å²) in [5.41, 5.74) is 1.30. The van der Waals surface area contributed by atoms with Gasteiger partial charge in [-0.3, -0.25) is 10.1 Å². The zero-order valence-electron chi connectivity index (χ0n) is 10.7. The van der Waals surface area contributed by atoms with E-state index >= 15 is 0 Å². The van der Waals surface area contributed by atoms with E-state index in [0.717, 1.165) is 11.3 Å². The second kappa shape index (κ2) is 4.76. The van der Waals surface area contributed by atoms with Crippen molar-refractivity contribution in [2.75, 3.05) is 12.1 Å². The normalized spacial score (nSPS) is 12.4. The number of nitrogens with zero attached hydrogens (tertiary/aromatic N) is 1. The van der Waals surface area contributed by atoms with E-state index in [1.165, 1.54) is 6.07 Å². The number of nitrogens with one attached hydrogen (secondary N) is 1. The monoisotopic (exact) mass is 276 g/mol. The van der Waals surface area contributed by atoms with Crippen LogP contribution in [-0.2, 0) is 6.54 Å². The third kappa shape index (κ3) is 2.13. The van der Waals surface area contributed by atoms with Crippen molar-refractivity contribution in [2.45, 2.75) is 13.5 Å². The fourth-order valence-electron chi connectivity index (χ4n) is 1.98. The summed E-state index contributed by atoms with van der Waals surface area (Å²) < 4.78 is 15.7. The number of aryl methyl sites for hydroxylation is 1. The SMILES string of the molecule is Cc1ccoc1CNc1cc2c(cc1[N+](=O)[O-])OCO2. The minimum absolute atomic E-state index is 0.0570. The molecule has 1 aliphatic rings. The molecule has 0 amide bonds. The lowest BCUT2D eigenvalue weighted by Crippen LogP contribution is -2.03. The molecule has 1 aromatic carbocycles. The van der Waals surface area contributed by atoms with Crippen molar-refractivity contribution in [3.63, 3.8) is 0 Å². The summed E-state index contributed by atoms with van der Waals surface area (Å²) in [6.45, 7) is 2.35. The molecule has 0 aliphatic carbocycles. The molecule has 0 spiro atoms. The summed E-state index contributed by atoms with van der Waals surface area (Å²) in [5.74, 6) is 1.61. The van der Waals surface area contributed by atoms with Crippen LogP contribution in [0.3, 0.4) is 0 Å². The molecular formula is C13H12N2O5. The molecule has 1 aromatic heterocycles. The van der Waals surface area contributed by atoms with E-state index in [1.54, 1.807) is 12.3 Å². The Bertz CT molecular complexity index is 665. The number of benzene rings is 1. The van der Waals surface area contributed by atoms with Gasteiger partial charge in [-0.15, -0.1) is 0 Å². The van der Waals surface area contributed by atoms with Gasteiger partial charge in [-0.05, 0) is 18.6 Å². The number of ether oxygens (including phenoxy) is 2. The number of nitro groups is 1. The van der Waals surface area contributed by atoms with Gasteiger partial charge in [0, 0.05) is 6.07 Å². The zero-order chi connectivity index (χ0) is 14.1. The van der Waals surface area contributed by atoms with Crippen LogP contribution in [-0.4, -0.2) is 11.7 Å². The average Bonchev–Trinajstić information content (AvgIpc) is 3.03. The second-order valence-corrected chi connectivity index (χ2v) is 4.36. The van der Waals surface area contributed by atoms with Crippen LogP contribution in [0.15, 0.2) is 28.9 Å². The lowest BCUT2D eigenvalue weighted by Gasteiger charge is -2.07. The number of fused-ring (bicyclic) bond motifs is 1. The van der Waals surface area contributed by atoms with E-state index in [0.29, 0.717) is 23.7 Å². The average molecular weight is 276 g/mol. The molecule has 3 rings (SSSR count). The highest BCUT2D eigenvalue weighted by molar-refractivity contribution is 5.69. The first-order valence-electron chi connectivity index (χ1n) is 6.00. The largest absolute Gasteiger partial charge is 0.467 e. The Labute approximate surface area is 114 Å². The number of hydrogen-bond donors (Lipinski definition) is 1. The minimum Gasteiger partial charge on any atom is -0.467 e. The van der Waals surface area contributed by atoms with E-state index in [4.69, 9.17) is 13.9 Å². The first kappa shape index (κ1) is 12.3. The Kier molecular flexibility index (Phi) is 2.94. The van der Waals surface area contributed by atoms with Gasteiger partial charge in [0.25, 0.3) is 5.69 Å². The lowest BCUT2D eigenvalue weighted by atomic mass is 10.2. The maximum absolute atomic E-state index is 11.1. The number of nitro benzene ring substituents is 1. The second-order valence-electron chi connectivity index (χ2n) is 4.36. The Hall–Kier alpha value is -2.70. The number of hydrogen-bond acceptors (Lipinski definition) is 6. The highest BCUT2D eigenvalue weighted by Crippen LogP contribution is 2.40. The van der Waals surface area contributed by atoms with Gasteiger partial charge in [-0.2, -0.15) is 0 Å². The number of rotatable bonds is 4. The van der Waals surface area contributed by atoms with Crippen LogP contribution in [0.25, 0.3) is 0 Å². The van der Waals surface area contributed by atoms with E-state index < -0.39 is 4.92 Å². The fourth-order valence-corrected chi connectivity index (χ4v) is 1.98. The molecule has 1 N–H and O–H groups in total. The molecule has 0 atom stereocenters. The van der Waals surface area contributed by atoms with Crippen LogP contribution >= 0.6 is 0 Å². The van der Waals surface area contributed by atoms with E-state index in [9.17, 15) is 10.1 Å². The maximum Gasteiger partial charge on any atom is 0.296 e. The summed E-state index contributed by atoms with van der Waals surface area (Å²) in [7, 11) is 0. The summed E-state index contributed by atoms with van der Waals surface area (Å²) in [5, 5.41) is 14.1. The van der Waals surface area contributed by atoms with Crippen molar-refractivity contribution in [3.05, 3.63) is 45.9 Å². The molecule has 104 valence electrons. The van der Waals surface area contributed by atoms with Crippen molar-refractivity contribution >= 4 is 11.4 Å². The molecule has 1 aliphatic heterocycles. The van der Waals surface area contributed by atoms with Gasteiger partial charge in [-0.1, -0.05) is 0 Å². The summed E-state index contributed by atoms with van der Waals surface area (Å²) in [6.07, 6.45) is 1.58. The first-order valence-corrected chi connectivity index (χ1v) is 6.00. The van der Waals surface area contributed by atoms with Gasteiger partial charge in [0.15, 0.2) is 11.5 Å². The summed E-state index contributed by atoms with van der Waals surface area (Å²) >= 11 is 0. The van der Waals surface area contributed by atoms with Gasteiger partial charge in [0.05, 0.1) is 23.8 Å². The fraction of sp³-hybridized carbons (Fsp3) is 0.231. The molecule has 2 heterocycles. The maximum atomic E-state index is 11.1. The molecular weight excluding hydrogens is 264 g/mol. The lowest BCUT2D eigenvalue weighted by molar-refractivity contribution is -0.384. The molecule has 0 radical (unpaired) electrons. The standard InChI is InChI=1S/C13H12N2O5/c1-8-2-3-18-13(8)6-14-9-4-11-12(20-7-19-11)5-10(9)15(16)17/h2-5,14H,6-7H2,1H3. The minimum atomic E-state index is -0.459. The smallest absolute Gasteiger partial charge is 0.296 e. The highest BCUT2D eigenvalue weighted by Gasteiger charge is 2.23. The van der Waals surface area contributed by atoms with Crippen molar-refractivity contribution in [2.24, 2.45) is 0 Å². The molecule has 20 heavy (non-hydrogen) atoms. The van der Waals surface area contributed by atoms with Crippen molar-refractivity contribution < 1.29 is 18.8 Å². The summed E-state index contributed by atoms with van der Waals surface area (Å²) in [4.78, 5) is 10.6. The Balaban J connectivity index is 1.88. The molecule has 7 nitrogen and oxygen atoms in total. The molecule has 0 bridgehead atoms. The van der Waals surface area contributed by atoms with Crippen LogP contribution in [0.1, 0.15) is 11.3 Å². The molecule has 2 aromatic rings. The van der Waals surface area contributed by atoms with Gasteiger partial charge in [0.2, 0.25) is 6.79 Å². The van der Waals surface area contributed by atoms with Crippen LogP contribution in [0.2, 0.25) is 0 Å². The first-order chi connectivity index (χ1) is 9.65. The van der Waals surface area contributed by atoms with Crippen LogP contribution < -0.4 is 14.8 Å². The Morgan fingerprint density at radius 1 is 1.35 bits per heavy atom. The molecule has 0 fully saturated rings. The van der Waals surface area contributed by atoms with Gasteiger partial charge in [-0.25, -0.2) is 0 Å². The molecule has 0 unspecified atom stereocenters. The van der Waals surface area contributed by atoms with Crippen molar-refractivity contribution in [1.82, 2.24) is 0 Å². The van der Waals surface area contributed by atoms with Crippen LogP contribution in [0.5, 0.6) is 11.5 Å². The van der Waals surface area contributed by atoms with Gasteiger partial charge < -0.3 is 19.2 Å². The molecule has 0 saturated carbocycles. The van der Waals surface area contributed by atoms with E-state index in [1.807, 2.05) is 13.0 Å². The van der Waals surface area contributed by atoms with E-state index in [2.05, 4.69) is 5.32 Å². The predicted molar refractivity (Wildman–Crippen MR) is 70.0 cm³/mol. The predicted octanol–water partition coefficient (Wildman–Crippen LogP) is 2.84. The van der Waals surface area contributed by atoms with Crippen LogP contribution in [0.4, 0.5) is 11.4 Å². The topological polar surface area (TPSA) is 86.8 Å². The summed E-state index contributed by atoms with van der Waals surface area (Å²) in [6, 6.07) is 4.77. The zero-order valence-corrected chi connectivity index (χ0v) is 10.7. The third-order valence-electron chi connectivity index (χ3n) is 3.10. The van der Waals surface area contributed by atoms with Crippen molar-refractivity contribution in [1.29, 1.82) is 0 Å².